The molecule has 7 N–H and O–H groups in total. The van der Waals surface area contributed by atoms with E-state index < -0.39 is 23.0 Å². The van der Waals surface area contributed by atoms with Crippen molar-refractivity contribution in [2.24, 2.45) is 5.92 Å². The number of hydrogen-bond donors (Lipinski definition) is 6. The fraction of sp³-hybridized carbons (Fsp3) is 0.333. The van der Waals surface area contributed by atoms with E-state index in [1.165, 1.54) is 6.08 Å². The second-order valence-corrected chi connectivity index (χ2v) is 6.34. The van der Waals surface area contributed by atoms with Gasteiger partial charge in [0.1, 0.15) is 10.7 Å². The predicted molar refractivity (Wildman–Crippen MR) is 106 cm³/mol. The van der Waals surface area contributed by atoms with E-state index in [1.54, 1.807) is 0 Å². The molecular formula is C15H28BrNO8S. The number of rotatable bonds is 2. The summed E-state index contributed by atoms with van der Waals surface area (Å²) in [4.78, 5) is 17.1. The summed E-state index contributed by atoms with van der Waals surface area (Å²) in [6, 6.07) is 9.97. The van der Waals surface area contributed by atoms with Crippen LogP contribution in [-0.4, -0.2) is 46.9 Å². The van der Waals surface area contributed by atoms with Crippen LogP contribution >= 0.6 is 15.9 Å². The van der Waals surface area contributed by atoms with Crippen molar-refractivity contribution in [3.8, 4) is 0 Å². The molecule has 0 spiro atoms. The summed E-state index contributed by atoms with van der Waals surface area (Å²) in [6.45, 7) is 9.72. The van der Waals surface area contributed by atoms with E-state index in [0.29, 0.717) is 0 Å². The van der Waals surface area contributed by atoms with Crippen LogP contribution in [0.5, 0.6) is 0 Å². The summed E-state index contributed by atoms with van der Waals surface area (Å²) < 4.78 is 20.3. The largest absolute Gasteiger partial charge is 0.503 e. The van der Waals surface area contributed by atoms with Gasteiger partial charge in [0.25, 0.3) is 0 Å². The fourth-order valence-electron chi connectivity index (χ4n) is 0.520. The van der Waals surface area contributed by atoms with E-state index >= 15 is 0 Å². The molecule has 0 bridgehead atoms. The van der Waals surface area contributed by atoms with Gasteiger partial charge in [-0.05, 0) is 18.1 Å². The van der Waals surface area contributed by atoms with Crippen LogP contribution in [0.15, 0.2) is 47.5 Å². The SMILES string of the molecule is Brc1ccccc1.C=CC[SH](=O)=O.CC(C)C.N.O=C(O)O.O=C(O)O. The maximum absolute atomic E-state index is 9.57. The van der Waals surface area contributed by atoms with E-state index in [-0.39, 0.29) is 11.9 Å². The Morgan fingerprint density at radius 1 is 1.04 bits per heavy atom. The Balaban J connectivity index is -0.0000000719. The molecule has 0 fully saturated rings. The van der Waals surface area contributed by atoms with Crippen LogP contribution in [0.2, 0.25) is 0 Å². The molecular weight excluding hydrogens is 434 g/mol. The Bertz CT molecular complexity index is 491. The molecule has 0 atom stereocenters. The Kier molecular flexibility index (Phi) is 37.4. The molecule has 0 aliphatic carbocycles. The van der Waals surface area contributed by atoms with Crippen molar-refractivity contribution >= 4 is 38.9 Å². The van der Waals surface area contributed by atoms with Crippen LogP contribution < -0.4 is 6.15 Å². The van der Waals surface area contributed by atoms with Gasteiger partial charge in [0.15, 0.2) is 0 Å². The number of carbonyl (C=O) groups is 2. The number of carboxylic acid groups (broad SMARTS) is 4. The van der Waals surface area contributed by atoms with Crippen molar-refractivity contribution in [2.75, 3.05) is 5.75 Å². The van der Waals surface area contributed by atoms with Crippen molar-refractivity contribution in [3.63, 3.8) is 0 Å². The molecule has 0 aliphatic heterocycles. The van der Waals surface area contributed by atoms with Gasteiger partial charge in [-0.2, -0.15) is 0 Å². The zero-order valence-electron chi connectivity index (χ0n) is 14.9. The van der Waals surface area contributed by atoms with E-state index in [4.69, 9.17) is 30.0 Å². The Labute approximate surface area is 163 Å². The van der Waals surface area contributed by atoms with Crippen LogP contribution in [0.4, 0.5) is 9.59 Å². The topological polar surface area (TPSA) is 184 Å². The number of halogens is 1. The zero-order valence-corrected chi connectivity index (χ0v) is 17.4. The Morgan fingerprint density at radius 3 is 1.38 bits per heavy atom. The molecule has 0 aliphatic rings. The molecule has 0 heterocycles. The van der Waals surface area contributed by atoms with Crippen molar-refractivity contribution < 1.29 is 38.4 Å². The summed E-state index contributed by atoms with van der Waals surface area (Å²) in [6.07, 6.45) is -2.31. The highest BCUT2D eigenvalue weighted by Gasteiger charge is 1.74. The lowest BCUT2D eigenvalue weighted by Crippen LogP contribution is -1.81. The van der Waals surface area contributed by atoms with Crippen molar-refractivity contribution in [2.45, 2.75) is 20.8 Å². The monoisotopic (exact) mass is 461 g/mol. The highest BCUT2D eigenvalue weighted by Crippen LogP contribution is 2.05. The summed E-state index contributed by atoms with van der Waals surface area (Å²) in [5.74, 6) is 0.926. The van der Waals surface area contributed by atoms with E-state index in [0.717, 1.165) is 10.4 Å². The maximum atomic E-state index is 9.57. The van der Waals surface area contributed by atoms with Gasteiger partial charge in [-0.15, -0.1) is 6.58 Å². The maximum Gasteiger partial charge on any atom is 0.503 e. The number of hydrogen-bond acceptors (Lipinski definition) is 5. The summed E-state index contributed by atoms with van der Waals surface area (Å²) >= 11 is 3.31. The quantitative estimate of drug-likeness (QED) is 0.272. The third-order valence-corrected chi connectivity index (χ3v) is 2.10. The zero-order chi connectivity index (χ0) is 20.8. The molecule has 0 radical (unpaired) electrons. The standard InChI is InChI=1S/C6H5Br.C4H10.C3H6O2S.2CH2O3.H3N/c7-6-4-2-1-3-5-6;1-4(2)3;1-2-3-6(4)5;2*2-1(3)4;/h1-5H;4H,1-3H3;2,6H,1,3H2;2*(H2,2,3,4);1H3. The van der Waals surface area contributed by atoms with Gasteiger partial charge in [-0.1, -0.05) is 61.0 Å². The molecule has 1 aromatic rings. The summed E-state index contributed by atoms with van der Waals surface area (Å²) in [7, 11) is -2.22. The lowest BCUT2D eigenvalue weighted by molar-refractivity contribution is 0.135. The molecule has 11 heteroatoms. The van der Waals surface area contributed by atoms with Gasteiger partial charge < -0.3 is 26.6 Å². The minimum atomic E-state index is -2.22. The Hall–Kier alpha value is -2.11. The first-order valence-electron chi connectivity index (χ1n) is 6.63. The van der Waals surface area contributed by atoms with Gasteiger partial charge in [-0.3, -0.25) is 0 Å². The molecule has 0 unspecified atom stereocenters. The van der Waals surface area contributed by atoms with Crippen molar-refractivity contribution in [1.29, 1.82) is 0 Å². The molecule has 0 amide bonds. The minimum absolute atomic E-state index is 0. The van der Waals surface area contributed by atoms with E-state index in [1.807, 2.05) is 30.3 Å². The van der Waals surface area contributed by atoms with Gasteiger partial charge in [-0.25, -0.2) is 18.0 Å². The van der Waals surface area contributed by atoms with Crippen LogP contribution in [0.3, 0.4) is 0 Å². The van der Waals surface area contributed by atoms with E-state index in [9.17, 15) is 8.42 Å². The second-order valence-electron chi connectivity index (χ2n) is 4.40. The van der Waals surface area contributed by atoms with Gasteiger partial charge in [0.05, 0.1) is 5.75 Å². The lowest BCUT2D eigenvalue weighted by atomic mass is 10.3. The summed E-state index contributed by atoms with van der Waals surface area (Å²) in [5, 5.41) is 27.9. The third kappa shape index (κ3) is 121. The molecule has 154 valence electrons. The third-order valence-electron chi connectivity index (χ3n) is 1.01. The Morgan fingerprint density at radius 2 is 1.31 bits per heavy atom. The van der Waals surface area contributed by atoms with Crippen molar-refractivity contribution in [1.82, 2.24) is 6.15 Å². The first-order valence-corrected chi connectivity index (χ1v) is 8.79. The minimum Gasteiger partial charge on any atom is -0.450 e. The second kappa shape index (κ2) is 27.7. The molecule has 0 saturated carbocycles. The van der Waals surface area contributed by atoms with Crippen LogP contribution in [0, 0.1) is 5.92 Å². The molecule has 0 saturated heterocycles. The fourth-order valence-corrected chi connectivity index (χ4v) is 1.04. The average Bonchev–Trinajstić information content (AvgIpc) is 2.37. The first kappa shape index (κ1) is 35.1. The normalized spacial score (nSPS) is 7.62. The van der Waals surface area contributed by atoms with Gasteiger partial charge in [0.2, 0.25) is 0 Å². The predicted octanol–water partition coefficient (Wildman–Crippen LogP) is 4.50. The van der Waals surface area contributed by atoms with Gasteiger partial charge in [0, 0.05) is 4.47 Å². The highest BCUT2D eigenvalue weighted by molar-refractivity contribution is 9.10. The van der Waals surface area contributed by atoms with Gasteiger partial charge >= 0.3 is 12.3 Å². The summed E-state index contributed by atoms with van der Waals surface area (Å²) in [5.41, 5.74) is 0. The van der Waals surface area contributed by atoms with Crippen molar-refractivity contribution in [3.05, 3.63) is 47.5 Å². The van der Waals surface area contributed by atoms with Crippen LogP contribution in [0.1, 0.15) is 20.8 Å². The average molecular weight is 462 g/mol. The lowest BCUT2D eigenvalue weighted by Gasteiger charge is -1.80. The number of thiol groups is 1. The molecule has 1 rings (SSSR count). The molecule has 26 heavy (non-hydrogen) atoms. The van der Waals surface area contributed by atoms with E-state index in [2.05, 4.69) is 43.3 Å². The number of benzene rings is 1. The van der Waals surface area contributed by atoms with Crippen LogP contribution in [-0.2, 0) is 10.7 Å². The molecule has 0 aromatic heterocycles. The highest BCUT2D eigenvalue weighted by atomic mass is 79.9. The molecule has 1 aromatic carbocycles. The smallest absolute Gasteiger partial charge is 0.450 e. The molecule has 9 nitrogen and oxygen atoms in total. The first-order chi connectivity index (χ1) is 11.4. The van der Waals surface area contributed by atoms with Crippen LogP contribution in [0.25, 0.3) is 0 Å².